The Morgan fingerprint density at radius 1 is 1.35 bits per heavy atom. The number of carbonyl (C=O) groups is 1. The van der Waals surface area contributed by atoms with Gasteiger partial charge >= 0.3 is 0 Å². The summed E-state index contributed by atoms with van der Waals surface area (Å²) in [6.07, 6.45) is 0. The molecule has 1 fully saturated rings. The van der Waals surface area contributed by atoms with E-state index >= 15 is 0 Å². The minimum atomic E-state index is 0.0380. The summed E-state index contributed by atoms with van der Waals surface area (Å²) in [5.41, 5.74) is 1.38. The fraction of sp³-hybridized carbons (Fsp3) is 0.400. The average molecular weight is 274 g/mol. The summed E-state index contributed by atoms with van der Waals surface area (Å²) in [7, 11) is 1.62. The lowest BCUT2D eigenvalue weighted by Gasteiger charge is -2.27. The van der Waals surface area contributed by atoms with Crippen LogP contribution in [0.3, 0.4) is 0 Å². The zero-order valence-electron chi connectivity index (χ0n) is 11.7. The van der Waals surface area contributed by atoms with Crippen LogP contribution in [0.5, 0.6) is 5.75 Å². The Morgan fingerprint density at radius 2 is 2.10 bits per heavy atom. The van der Waals surface area contributed by atoms with E-state index in [1.54, 1.807) is 7.11 Å². The van der Waals surface area contributed by atoms with E-state index in [9.17, 15) is 4.79 Å². The lowest BCUT2D eigenvalue weighted by atomic mass is 10.1. The summed E-state index contributed by atoms with van der Waals surface area (Å²) in [5.74, 6) is 1.43. The molecule has 106 valence electrons. The molecule has 0 bridgehead atoms. The summed E-state index contributed by atoms with van der Waals surface area (Å²) in [6.45, 7) is 4.97. The van der Waals surface area contributed by atoms with E-state index in [0.717, 1.165) is 42.9 Å². The number of benzene rings is 1. The number of aryl methyl sites for hydroxylation is 1. The molecule has 1 aliphatic heterocycles. The number of hydrogen-bond donors (Lipinski definition) is 1. The molecule has 1 aromatic heterocycles. The Labute approximate surface area is 117 Å². The second kappa shape index (κ2) is 5.17. The lowest BCUT2D eigenvalue weighted by molar-refractivity contribution is 0.0736. The van der Waals surface area contributed by atoms with Gasteiger partial charge in [0.25, 0.3) is 5.91 Å². The summed E-state index contributed by atoms with van der Waals surface area (Å²) in [5, 5.41) is 4.07. The van der Waals surface area contributed by atoms with Gasteiger partial charge in [-0.2, -0.15) is 0 Å². The van der Waals surface area contributed by atoms with E-state index in [-0.39, 0.29) is 5.91 Å². The van der Waals surface area contributed by atoms with Gasteiger partial charge in [0.2, 0.25) is 0 Å². The van der Waals surface area contributed by atoms with Crippen LogP contribution in [0.2, 0.25) is 0 Å². The molecule has 0 spiro atoms. The monoisotopic (exact) mass is 274 g/mol. The molecule has 3 rings (SSSR count). The van der Waals surface area contributed by atoms with Crippen molar-refractivity contribution < 1.29 is 13.9 Å². The number of carbonyl (C=O) groups excluding carboxylic acids is 1. The van der Waals surface area contributed by atoms with Gasteiger partial charge < -0.3 is 19.4 Å². The van der Waals surface area contributed by atoms with Gasteiger partial charge in [-0.05, 0) is 25.1 Å². The zero-order chi connectivity index (χ0) is 14.1. The van der Waals surface area contributed by atoms with Gasteiger partial charge in [-0.3, -0.25) is 4.79 Å². The molecule has 1 amide bonds. The van der Waals surface area contributed by atoms with E-state index < -0.39 is 0 Å². The molecule has 0 aliphatic carbocycles. The predicted octanol–water partition coefficient (Wildman–Crippen LogP) is 1.80. The Kier molecular flexibility index (Phi) is 3.36. The number of rotatable bonds is 2. The third kappa shape index (κ3) is 2.14. The van der Waals surface area contributed by atoms with E-state index in [0.29, 0.717) is 11.3 Å². The Balaban J connectivity index is 2.04. The van der Waals surface area contributed by atoms with Crippen molar-refractivity contribution >= 4 is 16.9 Å². The van der Waals surface area contributed by atoms with Crippen LogP contribution in [-0.2, 0) is 0 Å². The van der Waals surface area contributed by atoms with E-state index in [1.165, 1.54) is 0 Å². The molecule has 1 saturated heterocycles. The van der Waals surface area contributed by atoms with Gasteiger partial charge in [0.1, 0.15) is 17.1 Å². The smallest absolute Gasteiger partial charge is 0.258 e. The average Bonchev–Trinajstić information content (AvgIpc) is 2.82. The largest absolute Gasteiger partial charge is 0.497 e. The highest BCUT2D eigenvalue weighted by molar-refractivity contribution is 6.07. The molecule has 1 aromatic carbocycles. The number of furan rings is 1. The number of piperazine rings is 1. The van der Waals surface area contributed by atoms with Crippen LogP contribution >= 0.6 is 0 Å². The number of nitrogens with one attached hydrogen (secondary N) is 1. The van der Waals surface area contributed by atoms with Crippen molar-refractivity contribution in [3.05, 3.63) is 29.5 Å². The first-order chi connectivity index (χ1) is 9.70. The minimum absolute atomic E-state index is 0.0380. The number of hydrogen-bond acceptors (Lipinski definition) is 4. The summed E-state index contributed by atoms with van der Waals surface area (Å²) < 4.78 is 10.9. The maximum absolute atomic E-state index is 12.7. The Hall–Kier alpha value is -2.01. The second-order valence-corrected chi connectivity index (χ2v) is 4.94. The SMILES string of the molecule is COc1ccc2oc(C)c(C(=O)N3CCNCC3)c2c1. The van der Waals surface area contributed by atoms with E-state index in [1.807, 2.05) is 30.0 Å². The molecular weight excluding hydrogens is 256 g/mol. The van der Waals surface area contributed by atoms with Crippen LogP contribution in [0.4, 0.5) is 0 Å². The van der Waals surface area contributed by atoms with Crippen LogP contribution < -0.4 is 10.1 Å². The molecule has 5 nitrogen and oxygen atoms in total. The highest BCUT2D eigenvalue weighted by atomic mass is 16.5. The van der Waals surface area contributed by atoms with E-state index in [2.05, 4.69) is 5.32 Å². The van der Waals surface area contributed by atoms with Gasteiger partial charge in [-0.15, -0.1) is 0 Å². The van der Waals surface area contributed by atoms with Gasteiger partial charge in [0.05, 0.1) is 12.7 Å². The first kappa shape index (κ1) is 13.0. The van der Waals surface area contributed by atoms with Crippen molar-refractivity contribution in [1.29, 1.82) is 0 Å². The highest BCUT2D eigenvalue weighted by Crippen LogP contribution is 2.30. The fourth-order valence-electron chi connectivity index (χ4n) is 2.62. The molecule has 1 N–H and O–H groups in total. The minimum Gasteiger partial charge on any atom is -0.497 e. The normalized spacial score (nSPS) is 15.6. The first-order valence-electron chi connectivity index (χ1n) is 6.78. The lowest BCUT2D eigenvalue weighted by Crippen LogP contribution is -2.46. The summed E-state index contributed by atoms with van der Waals surface area (Å²) in [6, 6.07) is 5.54. The van der Waals surface area contributed by atoms with Crippen molar-refractivity contribution in [1.82, 2.24) is 10.2 Å². The maximum Gasteiger partial charge on any atom is 0.258 e. The van der Waals surface area contributed by atoms with Crippen molar-refractivity contribution in [2.45, 2.75) is 6.92 Å². The van der Waals surface area contributed by atoms with Gasteiger partial charge in [-0.25, -0.2) is 0 Å². The summed E-state index contributed by atoms with van der Waals surface area (Å²) >= 11 is 0. The molecular formula is C15H18N2O3. The second-order valence-electron chi connectivity index (χ2n) is 4.94. The third-order valence-electron chi connectivity index (χ3n) is 3.69. The summed E-state index contributed by atoms with van der Waals surface area (Å²) in [4.78, 5) is 14.6. The maximum atomic E-state index is 12.7. The van der Waals surface area contributed by atoms with Gasteiger partial charge in [0.15, 0.2) is 0 Å². The van der Waals surface area contributed by atoms with Crippen LogP contribution in [0.1, 0.15) is 16.1 Å². The number of fused-ring (bicyclic) bond motifs is 1. The van der Waals surface area contributed by atoms with Crippen LogP contribution in [0, 0.1) is 6.92 Å². The van der Waals surface area contributed by atoms with Crippen molar-refractivity contribution in [2.24, 2.45) is 0 Å². The predicted molar refractivity (Wildman–Crippen MR) is 76.3 cm³/mol. The van der Waals surface area contributed by atoms with Gasteiger partial charge in [0, 0.05) is 31.6 Å². The first-order valence-corrected chi connectivity index (χ1v) is 6.78. The molecule has 0 radical (unpaired) electrons. The standard InChI is InChI=1S/C15H18N2O3/c1-10-14(15(18)17-7-5-16-6-8-17)12-9-11(19-2)3-4-13(12)20-10/h3-4,9,16H,5-8H2,1-2H3. The fourth-order valence-corrected chi connectivity index (χ4v) is 2.62. The van der Waals surface area contributed by atoms with Crippen molar-refractivity contribution in [2.75, 3.05) is 33.3 Å². The molecule has 5 heteroatoms. The molecule has 2 aromatic rings. The van der Waals surface area contributed by atoms with Crippen LogP contribution in [0.15, 0.2) is 22.6 Å². The molecule has 1 aliphatic rings. The Morgan fingerprint density at radius 3 is 2.80 bits per heavy atom. The zero-order valence-corrected chi connectivity index (χ0v) is 11.7. The van der Waals surface area contributed by atoms with Crippen molar-refractivity contribution in [3.63, 3.8) is 0 Å². The highest BCUT2D eigenvalue weighted by Gasteiger charge is 2.24. The van der Waals surface area contributed by atoms with Crippen LogP contribution in [0.25, 0.3) is 11.0 Å². The van der Waals surface area contributed by atoms with Gasteiger partial charge in [-0.1, -0.05) is 0 Å². The van der Waals surface area contributed by atoms with Crippen molar-refractivity contribution in [3.8, 4) is 5.75 Å². The third-order valence-corrected chi connectivity index (χ3v) is 3.69. The number of amides is 1. The topological polar surface area (TPSA) is 54.7 Å². The molecule has 2 heterocycles. The molecule has 20 heavy (non-hydrogen) atoms. The molecule has 0 saturated carbocycles. The molecule has 0 atom stereocenters. The van der Waals surface area contributed by atoms with Crippen LogP contribution in [-0.4, -0.2) is 44.1 Å². The van der Waals surface area contributed by atoms with E-state index in [4.69, 9.17) is 9.15 Å². The number of nitrogens with zero attached hydrogens (tertiary/aromatic N) is 1. The Bertz CT molecular complexity index is 642. The quantitative estimate of drug-likeness (QED) is 0.907. The number of ether oxygens (including phenoxy) is 1. The number of methoxy groups -OCH3 is 1. The molecule has 0 unspecified atom stereocenters.